The highest BCUT2D eigenvalue weighted by Crippen LogP contribution is 2.40. The third-order valence-electron chi connectivity index (χ3n) is 4.43. The highest BCUT2D eigenvalue weighted by molar-refractivity contribution is 4.87. The Kier molecular flexibility index (Phi) is 2.82. The van der Waals surface area contributed by atoms with Gasteiger partial charge in [0, 0.05) is 38.8 Å². The van der Waals surface area contributed by atoms with Crippen molar-refractivity contribution in [2.24, 2.45) is 5.73 Å². The third kappa shape index (κ3) is 1.58. The van der Waals surface area contributed by atoms with E-state index in [1.165, 1.54) is 36.7 Å². The summed E-state index contributed by atoms with van der Waals surface area (Å²) in [5.74, 6) is 0. The molecule has 0 aromatic carbocycles. The summed E-state index contributed by atoms with van der Waals surface area (Å²) < 4.78 is 6.44. The first-order valence-corrected chi connectivity index (χ1v) is 5.76. The Bertz CT molecular complexity index is 193. The number of fused-ring (bicyclic) bond motifs is 2. The standard InChI is InChI=1S/C11H23N2O/c1-13(5-6-14-2)10-3-4-11(13)8-9(12)7-10/h9-11H,3-8,12H2,1-2H3/q+1. The van der Waals surface area contributed by atoms with Crippen LogP contribution in [0.15, 0.2) is 0 Å². The molecule has 0 aromatic heterocycles. The molecular weight excluding hydrogens is 176 g/mol. The molecule has 14 heavy (non-hydrogen) atoms. The number of rotatable bonds is 3. The van der Waals surface area contributed by atoms with Crippen molar-refractivity contribution in [3.8, 4) is 0 Å². The van der Waals surface area contributed by atoms with Gasteiger partial charge in [0.2, 0.25) is 0 Å². The first kappa shape index (κ1) is 10.4. The van der Waals surface area contributed by atoms with Gasteiger partial charge in [-0.2, -0.15) is 0 Å². The second-order valence-electron chi connectivity index (χ2n) is 5.18. The van der Waals surface area contributed by atoms with Crippen LogP contribution in [-0.4, -0.2) is 49.9 Å². The van der Waals surface area contributed by atoms with E-state index in [4.69, 9.17) is 10.5 Å². The van der Waals surface area contributed by atoms with Gasteiger partial charge in [-0.25, -0.2) is 0 Å². The molecule has 0 radical (unpaired) electrons. The van der Waals surface area contributed by atoms with Crippen LogP contribution in [0.4, 0.5) is 0 Å². The van der Waals surface area contributed by atoms with Crippen molar-refractivity contribution < 1.29 is 9.22 Å². The molecule has 2 unspecified atom stereocenters. The van der Waals surface area contributed by atoms with E-state index in [1.54, 1.807) is 7.11 Å². The Balaban J connectivity index is 2.05. The Morgan fingerprint density at radius 3 is 2.36 bits per heavy atom. The van der Waals surface area contributed by atoms with Gasteiger partial charge in [0.15, 0.2) is 0 Å². The van der Waals surface area contributed by atoms with Crippen molar-refractivity contribution in [1.82, 2.24) is 0 Å². The Labute approximate surface area is 86.8 Å². The lowest BCUT2D eigenvalue weighted by Gasteiger charge is -2.46. The van der Waals surface area contributed by atoms with Crippen molar-refractivity contribution in [3.63, 3.8) is 0 Å². The van der Waals surface area contributed by atoms with E-state index in [1.807, 2.05) is 0 Å². The Hall–Kier alpha value is -0.120. The zero-order valence-electron chi connectivity index (χ0n) is 9.41. The normalized spacial score (nSPS) is 46.9. The SMILES string of the molecule is COCC[N+]1(C)C2CCC1CC(N)C2. The van der Waals surface area contributed by atoms with Crippen LogP contribution in [0.3, 0.4) is 0 Å². The van der Waals surface area contributed by atoms with Crippen molar-refractivity contribution in [3.05, 3.63) is 0 Å². The van der Waals surface area contributed by atoms with Gasteiger partial charge in [-0.05, 0) is 0 Å². The van der Waals surface area contributed by atoms with Crippen LogP contribution in [-0.2, 0) is 4.74 Å². The molecule has 2 rings (SSSR count). The summed E-state index contributed by atoms with van der Waals surface area (Å²) >= 11 is 0. The van der Waals surface area contributed by atoms with E-state index in [-0.39, 0.29) is 0 Å². The van der Waals surface area contributed by atoms with Gasteiger partial charge in [-0.3, -0.25) is 0 Å². The number of hydrogen-bond donors (Lipinski definition) is 1. The Morgan fingerprint density at radius 1 is 1.29 bits per heavy atom. The quantitative estimate of drug-likeness (QED) is 0.680. The maximum atomic E-state index is 6.06. The lowest BCUT2D eigenvalue weighted by molar-refractivity contribution is -0.948. The molecule has 3 nitrogen and oxygen atoms in total. The number of nitrogens with zero attached hydrogens (tertiary/aromatic N) is 1. The lowest BCUT2D eigenvalue weighted by atomic mass is 9.95. The predicted molar refractivity (Wildman–Crippen MR) is 56.9 cm³/mol. The van der Waals surface area contributed by atoms with E-state index in [2.05, 4.69) is 7.05 Å². The third-order valence-corrected chi connectivity index (χ3v) is 4.43. The van der Waals surface area contributed by atoms with Gasteiger partial charge in [0.1, 0.15) is 6.54 Å². The summed E-state index contributed by atoms with van der Waals surface area (Å²) in [6.07, 6.45) is 5.19. The Morgan fingerprint density at radius 2 is 1.86 bits per heavy atom. The number of methoxy groups -OCH3 is 1. The topological polar surface area (TPSA) is 35.2 Å². The number of ether oxygens (including phenoxy) is 1. The molecule has 2 atom stereocenters. The van der Waals surface area contributed by atoms with Gasteiger partial charge < -0.3 is 15.0 Å². The largest absolute Gasteiger partial charge is 0.379 e. The fourth-order valence-corrected chi connectivity index (χ4v) is 3.44. The molecule has 2 bridgehead atoms. The number of likely N-dealkylation sites (N-methyl/N-ethyl adjacent to an activating group) is 1. The maximum absolute atomic E-state index is 6.06. The second-order valence-corrected chi connectivity index (χ2v) is 5.18. The summed E-state index contributed by atoms with van der Waals surface area (Å²) in [6.45, 7) is 2.05. The summed E-state index contributed by atoms with van der Waals surface area (Å²) in [5, 5.41) is 0. The number of hydrogen-bond acceptors (Lipinski definition) is 2. The van der Waals surface area contributed by atoms with Crippen molar-refractivity contribution in [1.29, 1.82) is 0 Å². The van der Waals surface area contributed by atoms with E-state index in [0.717, 1.165) is 18.7 Å². The van der Waals surface area contributed by atoms with Crippen LogP contribution in [0.2, 0.25) is 0 Å². The smallest absolute Gasteiger partial charge is 0.103 e. The molecule has 2 N–H and O–H groups in total. The fourth-order valence-electron chi connectivity index (χ4n) is 3.44. The van der Waals surface area contributed by atoms with Gasteiger partial charge >= 0.3 is 0 Å². The first-order chi connectivity index (χ1) is 6.66. The van der Waals surface area contributed by atoms with Crippen LogP contribution in [0, 0.1) is 0 Å². The molecule has 2 fully saturated rings. The molecule has 2 aliphatic heterocycles. The van der Waals surface area contributed by atoms with Crippen LogP contribution >= 0.6 is 0 Å². The molecule has 82 valence electrons. The molecule has 2 aliphatic rings. The molecule has 0 aliphatic carbocycles. The van der Waals surface area contributed by atoms with Crippen LogP contribution in [0.5, 0.6) is 0 Å². The number of nitrogens with two attached hydrogens (primary N) is 1. The van der Waals surface area contributed by atoms with E-state index in [0.29, 0.717) is 6.04 Å². The average molecular weight is 199 g/mol. The van der Waals surface area contributed by atoms with Crippen LogP contribution in [0.1, 0.15) is 25.7 Å². The maximum Gasteiger partial charge on any atom is 0.103 e. The molecule has 2 saturated heterocycles. The summed E-state index contributed by atoms with van der Waals surface area (Å²) in [6, 6.07) is 2.07. The molecular formula is C11H23N2O+. The summed E-state index contributed by atoms with van der Waals surface area (Å²) in [4.78, 5) is 0. The zero-order chi connectivity index (χ0) is 10.2. The van der Waals surface area contributed by atoms with Crippen molar-refractivity contribution in [2.45, 2.75) is 43.8 Å². The lowest BCUT2D eigenvalue weighted by Crippen LogP contribution is -2.60. The van der Waals surface area contributed by atoms with Gasteiger partial charge in [-0.1, -0.05) is 0 Å². The zero-order valence-corrected chi connectivity index (χ0v) is 9.41. The molecule has 0 amide bonds. The van der Waals surface area contributed by atoms with E-state index in [9.17, 15) is 0 Å². The van der Waals surface area contributed by atoms with Crippen molar-refractivity contribution in [2.75, 3.05) is 27.3 Å². The van der Waals surface area contributed by atoms with E-state index >= 15 is 0 Å². The average Bonchev–Trinajstić information content (AvgIpc) is 2.39. The van der Waals surface area contributed by atoms with Gasteiger partial charge in [0.25, 0.3) is 0 Å². The fraction of sp³-hybridized carbons (Fsp3) is 1.00. The van der Waals surface area contributed by atoms with E-state index < -0.39 is 0 Å². The monoisotopic (exact) mass is 199 g/mol. The number of piperidine rings is 1. The second kappa shape index (κ2) is 3.80. The minimum absolute atomic E-state index is 0.459. The number of quaternary nitrogens is 1. The van der Waals surface area contributed by atoms with Crippen molar-refractivity contribution >= 4 is 0 Å². The minimum Gasteiger partial charge on any atom is -0.379 e. The van der Waals surface area contributed by atoms with Crippen LogP contribution < -0.4 is 5.73 Å². The van der Waals surface area contributed by atoms with Crippen LogP contribution in [0.25, 0.3) is 0 Å². The molecule has 0 saturated carbocycles. The molecule has 0 aromatic rings. The summed E-state index contributed by atoms with van der Waals surface area (Å²) in [5.41, 5.74) is 6.06. The minimum atomic E-state index is 0.459. The molecule has 3 heteroatoms. The molecule has 0 spiro atoms. The molecule has 2 heterocycles. The van der Waals surface area contributed by atoms with Gasteiger partial charge in [-0.15, -0.1) is 0 Å². The highest BCUT2D eigenvalue weighted by atomic mass is 16.5. The predicted octanol–water partition coefficient (Wildman–Crippen LogP) is 0.731. The highest BCUT2D eigenvalue weighted by Gasteiger charge is 2.50. The summed E-state index contributed by atoms with van der Waals surface area (Å²) in [7, 11) is 4.19. The van der Waals surface area contributed by atoms with Gasteiger partial charge in [0.05, 0.1) is 25.7 Å². The first-order valence-electron chi connectivity index (χ1n) is 5.76.